The predicted octanol–water partition coefficient (Wildman–Crippen LogP) is 2.57. The molecule has 0 aromatic heterocycles. The maximum absolute atomic E-state index is 11.3. The van der Waals surface area contributed by atoms with Crippen molar-refractivity contribution in [1.29, 1.82) is 0 Å². The van der Waals surface area contributed by atoms with Crippen LogP contribution in [0.4, 0.5) is 0 Å². The summed E-state index contributed by atoms with van der Waals surface area (Å²) in [5.41, 5.74) is 1.90. The molecule has 1 aromatic rings. The van der Waals surface area contributed by atoms with E-state index in [1.165, 1.54) is 0 Å². The van der Waals surface area contributed by atoms with E-state index in [0.29, 0.717) is 6.54 Å². The monoisotopic (exact) mass is 189 g/mol. The van der Waals surface area contributed by atoms with E-state index in [4.69, 9.17) is 0 Å². The van der Waals surface area contributed by atoms with Gasteiger partial charge in [0, 0.05) is 12.6 Å². The van der Waals surface area contributed by atoms with E-state index >= 15 is 0 Å². The molecular weight excluding hydrogens is 174 g/mol. The zero-order valence-corrected chi connectivity index (χ0v) is 8.66. The molecule has 0 fully saturated rings. The van der Waals surface area contributed by atoms with Gasteiger partial charge in [-0.3, -0.25) is 4.79 Å². The lowest BCUT2D eigenvalue weighted by molar-refractivity contribution is -0.127. The van der Waals surface area contributed by atoms with Crippen LogP contribution in [0.15, 0.2) is 42.6 Å². The van der Waals surface area contributed by atoms with E-state index in [1.54, 1.807) is 11.8 Å². The first kappa shape index (κ1) is 10.5. The summed E-state index contributed by atoms with van der Waals surface area (Å²) >= 11 is 0. The largest absolute Gasteiger partial charge is 0.313 e. The van der Waals surface area contributed by atoms with Crippen molar-refractivity contribution in [2.75, 3.05) is 0 Å². The third-order valence-corrected chi connectivity index (χ3v) is 2.02. The van der Waals surface area contributed by atoms with Crippen molar-refractivity contribution >= 4 is 5.91 Å². The highest BCUT2D eigenvalue weighted by Crippen LogP contribution is 2.09. The van der Waals surface area contributed by atoms with E-state index in [2.05, 4.69) is 6.58 Å². The number of carbonyl (C=O) groups excluding carboxylic acids is 1. The quantitative estimate of drug-likeness (QED) is 0.715. The highest BCUT2D eigenvalue weighted by molar-refractivity contribution is 5.75. The fourth-order valence-electron chi connectivity index (χ4n) is 1.28. The number of nitrogens with zero attached hydrogens (tertiary/aromatic N) is 1. The van der Waals surface area contributed by atoms with Crippen LogP contribution in [0.5, 0.6) is 0 Å². The van der Waals surface area contributed by atoms with E-state index in [0.717, 1.165) is 11.3 Å². The van der Waals surface area contributed by atoms with Crippen LogP contribution in [0.1, 0.15) is 19.4 Å². The van der Waals surface area contributed by atoms with Gasteiger partial charge in [-0.05, 0) is 12.5 Å². The molecule has 0 aliphatic heterocycles. The SMILES string of the molecule is C=C(C)N(Cc1ccccc1)C(C)=O. The minimum Gasteiger partial charge on any atom is -0.313 e. The van der Waals surface area contributed by atoms with Crippen LogP contribution in [0.25, 0.3) is 0 Å². The molecule has 0 spiro atoms. The Kier molecular flexibility index (Phi) is 3.46. The first-order valence-corrected chi connectivity index (χ1v) is 4.59. The molecule has 1 rings (SSSR count). The lowest BCUT2D eigenvalue weighted by atomic mass is 10.2. The second kappa shape index (κ2) is 4.61. The molecule has 1 amide bonds. The maximum atomic E-state index is 11.3. The topological polar surface area (TPSA) is 20.3 Å². The number of amides is 1. The Labute approximate surface area is 84.9 Å². The van der Waals surface area contributed by atoms with E-state index in [1.807, 2.05) is 37.3 Å². The lowest BCUT2D eigenvalue weighted by Crippen LogP contribution is -2.25. The van der Waals surface area contributed by atoms with E-state index in [-0.39, 0.29) is 5.91 Å². The molecule has 0 saturated carbocycles. The van der Waals surface area contributed by atoms with Crippen LogP contribution in [0.2, 0.25) is 0 Å². The van der Waals surface area contributed by atoms with Gasteiger partial charge in [0.15, 0.2) is 0 Å². The molecule has 0 saturated heterocycles. The van der Waals surface area contributed by atoms with Crippen molar-refractivity contribution in [1.82, 2.24) is 4.90 Å². The van der Waals surface area contributed by atoms with Crippen molar-refractivity contribution in [2.24, 2.45) is 0 Å². The first-order valence-electron chi connectivity index (χ1n) is 4.59. The van der Waals surface area contributed by atoms with Crippen molar-refractivity contribution in [3.8, 4) is 0 Å². The Morgan fingerprint density at radius 1 is 1.29 bits per heavy atom. The molecule has 0 heterocycles. The normalized spacial score (nSPS) is 9.57. The van der Waals surface area contributed by atoms with E-state index < -0.39 is 0 Å². The molecular formula is C12H15NO. The lowest BCUT2D eigenvalue weighted by Gasteiger charge is -2.20. The third kappa shape index (κ3) is 2.73. The molecule has 74 valence electrons. The summed E-state index contributed by atoms with van der Waals surface area (Å²) in [5.74, 6) is 0.0290. The van der Waals surface area contributed by atoms with Gasteiger partial charge in [-0.2, -0.15) is 0 Å². The average Bonchev–Trinajstić information content (AvgIpc) is 2.15. The predicted molar refractivity (Wildman–Crippen MR) is 57.5 cm³/mol. The fraction of sp³-hybridized carbons (Fsp3) is 0.250. The van der Waals surface area contributed by atoms with Gasteiger partial charge in [0.1, 0.15) is 0 Å². The molecule has 1 aromatic carbocycles. The number of rotatable bonds is 3. The summed E-state index contributed by atoms with van der Waals surface area (Å²) in [6.07, 6.45) is 0. The Balaban J connectivity index is 2.75. The second-order valence-corrected chi connectivity index (χ2v) is 3.33. The number of allylic oxidation sites excluding steroid dienone is 1. The van der Waals surface area contributed by atoms with Crippen LogP contribution in [0, 0.1) is 0 Å². The minimum absolute atomic E-state index is 0.0290. The van der Waals surface area contributed by atoms with Gasteiger partial charge in [0.2, 0.25) is 5.91 Å². The summed E-state index contributed by atoms with van der Waals surface area (Å²) in [7, 11) is 0. The zero-order chi connectivity index (χ0) is 10.6. The fourth-order valence-corrected chi connectivity index (χ4v) is 1.28. The highest BCUT2D eigenvalue weighted by atomic mass is 16.2. The third-order valence-electron chi connectivity index (χ3n) is 2.02. The standard InChI is InChI=1S/C12H15NO/c1-10(2)13(11(3)14)9-12-7-5-4-6-8-12/h4-8H,1,9H2,2-3H3. The smallest absolute Gasteiger partial charge is 0.223 e. The molecule has 2 nitrogen and oxygen atoms in total. The number of hydrogen-bond acceptors (Lipinski definition) is 1. The van der Waals surface area contributed by atoms with Gasteiger partial charge in [0.05, 0.1) is 6.54 Å². The van der Waals surface area contributed by atoms with Crippen LogP contribution < -0.4 is 0 Å². The Hall–Kier alpha value is -1.57. The van der Waals surface area contributed by atoms with E-state index in [9.17, 15) is 4.79 Å². The van der Waals surface area contributed by atoms with Gasteiger partial charge >= 0.3 is 0 Å². The molecule has 0 radical (unpaired) electrons. The van der Waals surface area contributed by atoms with Crippen LogP contribution in [-0.4, -0.2) is 10.8 Å². The van der Waals surface area contributed by atoms with Crippen LogP contribution in [-0.2, 0) is 11.3 Å². The molecule has 0 aliphatic rings. The highest BCUT2D eigenvalue weighted by Gasteiger charge is 2.08. The molecule has 14 heavy (non-hydrogen) atoms. The van der Waals surface area contributed by atoms with Crippen molar-refractivity contribution < 1.29 is 4.79 Å². The molecule has 0 unspecified atom stereocenters. The van der Waals surface area contributed by atoms with Gasteiger partial charge in [-0.25, -0.2) is 0 Å². The summed E-state index contributed by atoms with van der Waals surface area (Å²) in [4.78, 5) is 12.9. The molecule has 0 aliphatic carbocycles. The Morgan fingerprint density at radius 3 is 2.29 bits per heavy atom. The zero-order valence-electron chi connectivity index (χ0n) is 8.66. The molecule has 2 heteroatoms. The second-order valence-electron chi connectivity index (χ2n) is 3.33. The number of benzene rings is 1. The number of carbonyl (C=O) groups is 1. The van der Waals surface area contributed by atoms with Crippen LogP contribution in [0.3, 0.4) is 0 Å². The first-order chi connectivity index (χ1) is 6.61. The number of hydrogen-bond donors (Lipinski definition) is 0. The van der Waals surface area contributed by atoms with Gasteiger partial charge in [-0.15, -0.1) is 0 Å². The Morgan fingerprint density at radius 2 is 1.86 bits per heavy atom. The van der Waals surface area contributed by atoms with Crippen molar-refractivity contribution in [2.45, 2.75) is 20.4 Å². The summed E-state index contributed by atoms with van der Waals surface area (Å²) < 4.78 is 0. The molecule has 0 bridgehead atoms. The summed E-state index contributed by atoms with van der Waals surface area (Å²) in [6.45, 7) is 7.77. The summed E-state index contributed by atoms with van der Waals surface area (Å²) in [6, 6.07) is 9.89. The van der Waals surface area contributed by atoms with Crippen LogP contribution >= 0.6 is 0 Å². The Bertz CT molecular complexity index is 315. The maximum Gasteiger partial charge on any atom is 0.223 e. The minimum atomic E-state index is 0.0290. The summed E-state index contributed by atoms with van der Waals surface area (Å²) in [5, 5.41) is 0. The molecule has 0 atom stereocenters. The van der Waals surface area contributed by atoms with Gasteiger partial charge in [0.25, 0.3) is 0 Å². The van der Waals surface area contributed by atoms with Crippen molar-refractivity contribution in [3.63, 3.8) is 0 Å². The van der Waals surface area contributed by atoms with Gasteiger partial charge < -0.3 is 4.90 Å². The van der Waals surface area contributed by atoms with Gasteiger partial charge in [-0.1, -0.05) is 36.9 Å². The molecule has 0 N–H and O–H groups in total. The average molecular weight is 189 g/mol. The van der Waals surface area contributed by atoms with Crippen molar-refractivity contribution in [3.05, 3.63) is 48.2 Å².